The number of carbonyl (C=O) groups excluding carboxylic acids is 2. The zero-order valence-electron chi connectivity index (χ0n) is 16.2. The Labute approximate surface area is 172 Å². The molecule has 0 spiro atoms. The van der Waals surface area contributed by atoms with Crippen LogP contribution in [0.1, 0.15) is 19.9 Å². The zero-order valence-corrected chi connectivity index (χ0v) is 17.1. The second-order valence-corrected chi connectivity index (χ2v) is 8.06. The lowest BCUT2D eigenvalue weighted by molar-refractivity contribution is -0.125. The predicted molar refractivity (Wildman–Crippen MR) is 113 cm³/mol. The first-order valence-electron chi connectivity index (χ1n) is 9.41. The van der Waals surface area contributed by atoms with Crippen molar-refractivity contribution in [2.45, 2.75) is 31.1 Å². The van der Waals surface area contributed by atoms with Crippen LogP contribution in [0.5, 0.6) is 5.75 Å². The van der Waals surface area contributed by atoms with E-state index < -0.39 is 12.0 Å². The summed E-state index contributed by atoms with van der Waals surface area (Å²) in [5.74, 6) is -0.0446. The molecule has 150 valence electrons. The van der Waals surface area contributed by atoms with Crippen molar-refractivity contribution in [3.8, 4) is 5.75 Å². The molecule has 1 atom stereocenters. The van der Waals surface area contributed by atoms with E-state index in [1.165, 1.54) is 11.8 Å². The molecule has 0 saturated carbocycles. The van der Waals surface area contributed by atoms with Gasteiger partial charge in [0.15, 0.2) is 11.3 Å². The Hall–Kier alpha value is -3.00. The molecule has 2 amide bonds. The summed E-state index contributed by atoms with van der Waals surface area (Å²) in [6, 6.07) is 15.3. The molecule has 0 aliphatic carbocycles. The van der Waals surface area contributed by atoms with Gasteiger partial charge in [-0.15, -0.1) is 0 Å². The molecule has 0 radical (unpaired) electrons. The molecule has 1 aromatic heterocycles. The van der Waals surface area contributed by atoms with Crippen LogP contribution in [0.4, 0.5) is 5.69 Å². The topological polar surface area (TPSA) is 90.5 Å². The van der Waals surface area contributed by atoms with E-state index in [1.807, 2.05) is 30.3 Å². The molecule has 0 bridgehead atoms. The summed E-state index contributed by atoms with van der Waals surface area (Å²) < 4.78 is 7.77. The average Bonchev–Trinajstić information content (AvgIpc) is 3.09. The van der Waals surface area contributed by atoms with Crippen LogP contribution in [-0.2, 0) is 9.59 Å². The van der Waals surface area contributed by atoms with Gasteiger partial charge in [-0.25, -0.2) is 4.98 Å². The van der Waals surface area contributed by atoms with Crippen LogP contribution in [-0.4, -0.2) is 39.8 Å². The van der Waals surface area contributed by atoms with Crippen molar-refractivity contribution in [2.75, 3.05) is 17.2 Å². The first-order valence-corrected chi connectivity index (χ1v) is 10.4. The Balaban J connectivity index is 1.58. The van der Waals surface area contributed by atoms with E-state index in [-0.39, 0.29) is 24.2 Å². The minimum Gasteiger partial charge on any atom is -0.477 e. The van der Waals surface area contributed by atoms with Crippen LogP contribution < -0.4 is 15.4 Å². The Kier molecular flexibility index (Phi) is 5.19. The number of anilines is 1. The predicted octanol–water partition coefficient (Wildman–Crippen LogP) is 2.99. The second kappa shape index (κ2) is 7.79. The van der Waals surface area contributed by atoms with E-state index in [1.54, 1.807) is 23.1 Å². The lowest BCUT2D eigenvalue weighted by Crippen LogP contribution is -2.49. The fourth-order valence-electron chi connectivity index (χ4n) is 3.45. The molecular weight excluding hydrogens is 388 g/mol. The molecule has 0 unspecified atom stereocenters. The van der Waals surface area contributed by atoms with Crippen molar-refractivity contribution in [2.24, 2.45) is 5.73 Å². The van der Waals surface area contributed by atoms with Crippen molar-refractivity contribution >= 4 is 40.3 Å². The van der Waals surface area contributed by atoms with Crippen LogP contribution in [0.3, 0.4) is 0 Å². The fraction of sp³-hybridized carbons (Fsp3) is 0.286. The molecule has 2 aromatic carbocycles. The Morgan fingerprint density at radius 2 is 1.93 bits per heavy atom. The van der Waals surface area contributed by atoms with Crippen molar-refractivity contribution in [1.82, 2.24) is 9.55 Å². The average molecular weight is 410 g/mol. The van der Waals surface area contributed by atoms with E-state index in [4.69, 9.17) is 15.5 Å². The molecule has 0 fully saturated rings. The van der Waals surface area contributed by atoms with Crippen LogP contribution in [0.25, 0.3) is 11.0 Å². The van der Waals surface area contributed by atoms with Crippen molar-refractivity contribution in [3.05, 3.63) is 48.5 Å². The van der Waals surface area contributed by atoms with Gasteiger partial charge >= 0.3 is 0 Å². The van der Waals surface area contributed by atoms with Gasteiger partial charge in [-0.05, 0) is 38.1 Å². The lowest BCUT2D eigenvalue weighted by Gasteiger charge is -2.33. The Morgan fingerprint density at radius 1 is 1.21 bits per heavy atom. The summed E-state index contributed by atoms with van der Waals surface area (Å²) in [7, 11) is 0. The highest BCUT2D eigenvalue weighted by atomic mass is 32.2. The van der Waals surface area contributed by atoms with Crippen LogP contribution >= 0.6 is 11.8 Å². The molecule has 4 rings (SSSR count). The normalized spacial score (nSPS) is 16.0. The maximum absolute atomic E-state index is 13.1. The third kappa shape index (κ3) is 3.67. The molecule has 0 saturated heterocycles. The van der Waals surface area contributed by atoms with E-state index >= 15 is 0 Å². The molecule has 29 heavy (non-hydrogen) atoms. The van der Waals surface area contributed by atoms with Gasteiger partial charge in [0.25, 0.3) is 5.91 Å². The number of hydrogen-bond donors (Lipinski definition) is 1. The van der Waals surface area contributed by atoms with Crippen molar-refractivity contribution in [3.63, 3.8) is 0 Å². The summed E-state index contributed by atoms with van der Waals surface area (Å²) in [6.07, 6.45) is -0.862. The highest BCUT2D eigenvalue weighted by Crippen LogP contribution is 2.34. The van der Waals surface area contributed by atoms with Gasteiger partial charge in [0.05, 0.1) is 29.0 Å². The SMILES string of the molecule is CC(C)n1c(SCC(=O)N2C[C@@H](C(N)=O)Oc3ccccc32)nc2ccccc21. The standard InChI is InChI=1S/C21H22N4O3S/c1-13(2)25-15-8-4-3-7-14(15)23-21(25)29-12-19(26)24-11-18(20(22)27)28-17-10-6-5-9-16(17)24/h3-10,13,18H,11-12H2,1-2H3,(H2,22,27)/t18-/m0/s1. The Morgan fingerprint density at radius 3 is 2.69 bits per heavy atom. The maximum atomic E-state index is 13.1. The third-order valence-electron chi connectivity index (χ3n) is 4.80. The molecule has 8 heteroatoms. The molecule has 1 aliphatic heterocycles. The second-order valence-electron chi connectivity index (χ2n) is 7.12. The summed E-state index contributed by atoms with van der Waals surface area (Å²) in [4.78, 5) is 31.0. The highest BCUT2D eigenvalue weighted by molar-refractivity contribution is 7.99. The number of carbonyl (C=O) groups is 2. The number of rotatable bonds is 5. The summed E-state index contributed by atoms with van der Waals surface area (Å²) >= 11 is 1.39. The number of imidazole rings is 1. The number of nitrogens with zero attached hydrogens (tertiary/aromatic N) is 3. The number of nitrogens with two attached hydrogens (primary N) is 1. The Bertz CT molecular complexity index is 1080. The van der Waals surface area contributed by atoms with Crippen LogP contribution in [0.15, 0.2) is 53.7 Å². The van der Waals surface area contributed by atoms with Gasteiger partial charge in [0.2, 0.25) is 5.91 Å². The lowest BCUT2D eigenvalue weighted by atomic mass is 10.2. The molecule has 3 aromatic rings. The number of primary amides is 1. The number of fused-ring (bicyclic) bond motifs is 2. The smallest absolute Gasteiger partial charge is 0.260 e. The quantitative estimate of drug-likeness (QED) is 0.653. The van der Waals surface area contributed by atoms with E-state index in [0.29, 0.717) is 11.4 Å². The number of amides is 2. The van der Waals surface area contributed by atoms with Gasteiger partial charge in [0.1, 0.15) is 5.75 Å². The van der Waals surface area contributed by atoms with Gasteiger partial charge in [-0.3, -0.25) is 9.59 Å². The maximum Gasteiger partial charge on any atom is 0.260 e. The number of hydrogen-bond acceptors (Lipinski definition) is 5. The number of para-hydroxylation sites is 4. The summed E-state index contributed by atoms with van der Waals surface area (Å²) in [6.45, 7) is 4.29. The van der Waals surface area contributed by atoms with Gasteiger partial charge < -0.3 is 19.9 Å². The minimum atomic E-state index is -0.862. The first kappa shape index (κ1) is 19.3. The molecule has 2 N–H and O–H groups in total. The number of ether oxygens (including phenoxy) is 1. The van der Waals surface area contributed by atoms with Crippen molar-refractivity contribution in [1.29, 1.82) is 0 Å². The number of aromatic nitrogens is 2. The first-order chi connectivity index (χ1) is 14.0. The van der Waals surface area contributed by atoms with Crippen LogP contribution in [0.2, 0.25) is 0 Å². The highest BCUT2D eigenvalue weighted by Gasteiger charge is 2.32. The third-order valence-corrected chi connectivity index (χ3v) is 5.73. The zero-order chi connectivity index (χ0) is 20.5. The fourth-order valence-corrected chi connectivity index (χ4v) is 4.47. The summed E-state index contributed by atoms with van der Waals surface area (Å²) in [5.41, 5.74) is 8.02. The van der Waals surface area contributed by atoms with E-state index in [2.05, 4.69) is 18.4 Å². The molecule has 7 nitrogen and oxygen atoms in total. The van der Waals surface area contributed by atoms with Gasteiger partial charge in [0, 0.05) is 6.04 Å². The van der Waals surface area contributed by atoms with Gasteiger partial charge in [-0.1, -0.05) is 36.0 Å². The number of thioether (sulfide) groups is 1. The van der Waals surface area contributed by atoms with E-state index in [9.17, 15) is 9.59 Å². The molecule has 1 aliphatic rings. The van der Waals surface area contributed by atoms with Gasteiger partial charge in [-0.2, -0.15) is 0 Å². The number of benzene rings is 2. The monoisotopic (exact) mass is 410 g/mol. The van der Waals surface area contributed by atoms with E-state index in [0.717, 1.165) is 16.2 Å². The largest absolute Gasteiger partial charge is 0.477 e. The van der Waals surface area contributed by atoms with Crippen molar-refractivity contribution < 1.29 is 14.3 Å². The molecular formula is C21H22N4O3S. The molecule has 2 heterocycles. The minimum absolute atomic E-state index is 0.104. The van der Waals surface area contributed by atoms with Crippen LogP contribution in [0, 0.1) is 0 Å². The summed E-state index contributed by atoms with van der Waals surface area (Å²) in [5, 5.41) is 0.794.